The Hall–Kier alpha value is -3.17. The molecule has 1 aliphatic heterocycles. The summed E-state index contributed by atoms with van der Waals surface area (Å²) >= 11 is 0. The van der Waals surface area contributed by atoms with Gasteiger partial charge in [-0.25, -0.2) is 0 Å². The van der Waals surface area contributed by atoms with Crippen molar-refractivity contribution in [3.63, 3.8) is 0 Å². The fourth-order valence-electron chi connectivity index (χ4n) is 4.38. The molecule has 1 saturated heterocycles. The molecular weight excluding hydrogens is 380 g/mol. The summed E-state index contributed by atoms with van der Waals surface area (Å²) in [5.74, 6) is -0.118. The zero-order valence-corrected chi connectivity index (χ0v) is 18.3. The SMILES string of the molecule is C[N+]1(Cc2ccc(NC(=O)/C=C/c3cccc(-c4ccccc4)c3)cc2)CCCCC1. The van der Waals surface area contributed by atoms with Crippen molar-refractivity contribution in [1.82, 2.24) is 0 Å². The number of anilines is 1. The maximum absolute atomic E-state index is 12.4. The molecule has 31 heavy (non-hydrogen) atoms. The van der Waals surface area contributed by atoms with Gasteiger partial charge in [0, 0.05) is 17.3 Å². The third kappa shape index (κ3) is 5.93. The molecule has 4 rings (SSSR count). The van der Waals surface area contributed by atoms with Gasteiger partial charge in [-0.3, -0.25) is 4.79 Å². The molecule has 0 aliphatic carbocycles. The predicted octanol–water partition coefficient (Wildman–Crippen LogP) is 6.14. The summed E-state index contributed by atoms with van der Waals surface area (Å²) in [6.07, 6.45) is 7.47. The highest BCUT2D eigenvalue weighted by molar-refractivity contribution is 6.02. The molecule has 1 N–H and O–H groups in total. The minimum Gasteiger partial charge on any atom is -0.323 e. The molecule has 3 aromatic rings. The standard InChI is InChI=1S/C28H30N2O/c1-30(19-6-3-7-20-30)22-24-13-16-27(17-14-24)29-28(31)18-15-23-9-8-12-26(21-23)25-10-4-2-5-11-25/h2,4-5,8-18,21H,3,6-7,19-20,22H2,1H3/p+1/b18-15+. The van der Waals surface area contributed by atoms with Gasteiger partial charge in [-0.2, -0.15) is 0 Å². The van der Waals surface area contributed by atoms with Gasteiger partial charge >= 0.3 is 0 Å². The van der Waals surface area contributed by atoms with E-state index in [-0.39, 0.29) is 5.91 Å². The number of carbonyl (C=O) groups is 1. The number of hydrogen-bond acceptors (Lipinski definition) is 1. The first-order valence-corrected chi connectivity index (χ1v) is 11.2. The molecule has 1 heterocycles. The monoisotopic (exact) mass is 411 g/mol. The topological polar surface area (TPSA) is 29.1 Å². The molecule has 0 radical (unpaired) electrons. The van der Waals surface area contributed by atoms with Crippen molar-refractivity contribution in [2.24, 2.45) is 0 Å². The van der Waals surface area contributed by atoms with Crippen molar-refractivity contribution in [2.75, 3.05) is 25.5 Å². The van der Waals surface area contributed by atoms with Crippen LogP contribution in [0.15, 0.2) is 84.9 Å². The summed E-state index contributed by atoms with van der Waals surface area (Å²) in [5.41, 5.74) is 5.48. The number of rotatable bonds is 6. The summed E-state index contributed by atoms with van der Waals surface area (Å²) in [6.45, 7) is 3.58. The third-order valence-electron chi connectivity index (χ3n) is 6.10. The molecule has 158 valence electrons. The Morgan fingerprint density at radius 1 is 0.871 bits per heavy atom. The molecule has 0 bridgehead atoms. The molecule has 0 aromatic heterocycles. The molecule has 0 saturated carbocycles. The predicted molar refractivity (Wildman–Crippen MR) is 129 cm³/mol. The highest BCUT2D eigenvalue weighted by atomic mass is 16.1. The van der Waals surface area contributed by atoms with Gasteiger partial charge in [-0.1, -0.05) is 60.7 Å². The zero-order chi connectivity index (χ0) is 21.5. The average molecular weight is 412 g/mol. The Kier molecular flexibility index (Phi) is 6.63. The molecule has 3 aromatic carbocycles. The smallest absolute Gasteiger partial charge is 0.248 e. The molecular formula is C28H31N2O+. The van der Waals surface area contributed by atoms with Crippen LogP contribution in [0.5, 0.6) is 0 Å². The van der Waals surface area contributed by atoms with Crippen LogP contribution in [0.3, 0.4) is 0 Å². The van der Waals surface area contributed by atoms with Crippen molar-refractivity contribution in [1.29, 1.82) is 0 Å². The molecule has 0 spiro atoms. The van der Waals surface area contributed by atoms with E-state index < -0.39 is 0 Å². The van der Waals surface area contributed by atoms with Crippen LogP contribution in [0.2, 0.25) is 0 Å². The minimum atomic E-state index is -0.118. The Labute approximate surface area is 185 Å². The molecule has 1 amide bonds. The number of amides is 1. The maximum atomic E-state index is 12.4. The van der Waals surface area contributed by atoms with Crippen LogP contribution in [0.1, 0.15) is 30.4 Å². The summed E-state index contributed by atoms with van der Waals surface area (Å²) in [4.78, 5) is 12.4. The highest BCUT2D eigenvalue weighted by Gasteiger charge is 2.24. The van der Waals surface area contributed by atoms with E-state index >= 15 is 0 Å². The summed E-state index contributed by atoms with van der Waals surface area (Å²) in [6, 6.07) is 26.8. The quantitative estimate of drug-likeness (QED) is 0.383. The molecule has 1 aliphatic rings. The lowest BCUT2D eigenvalue weighted by Gasteiger charge is -2.37. The number of benzene rings is 3. The number of quaternary nitrogens is 1. The molecule has 0 unspecified atom stereocenters. The molecule has 1 fully saturated rings. The van der Waals surface area contributed by atoms with Gasteiger partial charge in [0.15, 0.2) is 0 Å². The first-order chi connectivity index (χ1) is 15.1. The lowest BCUT2D eigenvalue weighted by Crippen LogP contribution is -2.46. The number of hydrogen-bond donors (Lipinski definition) is 1. The van der Waals surface area contributed by atoms with Crippen LogP contribution in [0, 0.1) is 0 Å². The van der Waals surface area contributed by atoms with E-state index in [9.17, 15) is 4.79 Å². The van der Waals surface area contributed by atoms with Crippen molar-refractivity contribution in [3.05, 3.63) is 96.1 Å². The number of nitrogens with zero attached hydrogens (tertiary/aromatic N) is 1. The summed E-state index contributed by atoms with van der Waals surface area (Å²) in [7, 11) is 2.35. The normalized spacial score (nSPS) is 15.6. The van der Waals surface area contributed by atoms with Crippen LogP contribution in [0.25, 0.3) is 17.2 Å². The van der Waals surface area contributed by atoms with Gasteiger partial charge in [0.05, 0.1) is 20.1 Å². The van der Waals surface area contributed by atoms with E-state index in [1.165, 1.54) is 43.5 Å². The Morgan fingerprint density at radius 3 is 2.32 bits per heavy atom. The van der Waals surface area contributed by atoms with Crippen molar-refractivity contribution < 1.29 is 9.28 Å². The van der Waals surface area contributed by atoms with Crippen LogP contribution in [0.4, 0.5) is 5.69 Å². The second kappa shape index (κ2) is 9.76. The first-order valence-electron chi connectivity index (χ1n) is 11.2. The van der Waals surface area contributed by atoms with E-state index in [4.69, 9.17) is 0 Å². The second-order valence-corrected chi connectivity index (χ2v) is 8.80. The van der Waals surface area contributed by atoms with Crippen molar-refractivity contribution in [2.45, 2.75) is 25.8 Å². The van der Waals surface area contributed by atoms with Gasteiger partial charge in [-0.15, -0.1) is 0 Å². The van der Waals surface area contributed by atoms with E-state index in [0.29, 0.717) is 0 Å². The molecule has 3 heteroatoms. The number of likely N-dealkylation sites (tertiary alicyclic amines) is 1. The van der Waals surface area contributed by atoms with Crippen LogP contribution in [-0.2, 0) is 11.3 Å². The van der Waals surface area contributed by atoms with Crippen molar-refractivity contribution >= 4 is 17.7 Å². The van der Waals surface area contributed by atoms with Crippen LogP contribution < -0.4 is 5.32 Å². The highest BCUT2D eigenvalue weighted by Crippen LogP contribution is 2.22. The lowest BCUT2D eigenvalue weighted by molar-refractivity contribution is -0.926. The summed E-state index contributed by atoms with van der Waals surface area (Å²) in [5, 5.41) is 2.97. The largest absolute Gasteiger partial charge is 0.323 e. The van der Waals surface area contributed by atoms with Gasteiger partial charge in [0.1, 0.15) is 6.54 Å². The first kappa shape index (κ1) is 21.1. The van der Waals surface area contributed by atoms with Crippen LogP contribution in [-0.4, -0.2) is 30.5 Å². The third-order valence-corrected chi connectivity index (χ3v) is 6.10. The van der Waals surface area contributed by atoms with Crippen molar-refractivity contribution in [3.8, 4) is 11.1 Å². The summed E-state index contributed by atoms with van der Waals surface area (Å²) < 4.78 is 1.12. The molecule has 3 nitrogen and oxygen atoms in total. The van der Waals surface area contributed by atoms with Gasteiger partial charge in [0.2, 0.25) is 5.91 Å². The Balaban J connectivity index is 1.35. The number of carbonyl (C=O) groups excluding carboxylic acids is 1. The Bertz CT molecular complexity index is 1030. The fraction of sp³-hybridized carbons (Fsp3) is 0.250. The van der Waals surface area contributed by atoms with Gasteiger partial charge < -0.3 is 9.80 Å². The van der Waals surface area contributed by atoms with E-state index in [0.717, 1.165) is 27.8 Å². The zero-order valence-electron chi connectivity index (χ0n) is 18.3. The van der Waals surface area contributed by atoms with Crippen LogP contribution >= 0.6 is 0 Å². The van der Waals surface area contributed by atoms with E-state index in [1.54, 1.807) is 6.08 Å². The Morgan fingerprint density at radius 2 is 1.58 bits per heavy atom. The molecule has 0 atom stereocenters. The average Bonchev–Trinajstić information content (AvgIpc) is 2.80. The van der Waals surface area contributed by atoms with Gasteiger partial charge in [-0.05, 0) is 60.2 Å². The number of nitrogens with one attached hydrogen (secondary N) is 1. The number of piperidine rings is 1. The lowest BCUT2D eigenvalue weighted by atomic mass is 10.0. The minimum absolute atomic E-state index is 0.118. The second-order valence-electron chi connectivity index (χ2n) is 8.80. The van der Waals surface area contributed by atoms with E-state index in [2.05, 4.69) is 48.8 Å². The fourth-order valence-corrected chi connectivity index (χ4v) is 4.38. The van der Waals surface area contributed by atoms with Gasteiger partial charge in [0.25, 0.3) is 0 Å². The maximum Gasteiger partial charge on any atom is 0.248 e. The van der Waals surface area contributed by atoms with E-state index in [1.807, 2.05) is 48.5 Å².